The van der Waals surface area contributed by atoms with Gasteiger partial charge < -0.3 is 0 Å². The predicted octanol–water partition coefficient (Wildman–Crippen LogP) is 3.38. The topological polar surface area (TPSA) is 3.24 Å². The van der Waals surface area contributed by atoms with Crippen LogP contribution in [-0.2, 0) is 0 Å². The van der Waals surface area contributed by atoms with Crippen LogP contribution in [0.2, 0.25) is 0 Å². The highest BCUT2D eigenvalue weighted by molar-refractivity contribution is 5.22. The zero-order valence-corrected chi connectivity index (χ0v) is 9.96. The molecule has 0 aromatic heterocycles. The van der Waals surface area contributed by atoms with Crippen molar-refractivity contribution in [1.82, 2.24) is 4.90 Å². The highest BCUT2D eigenvalue weighted by Gasteiger charge is 2.13. The molecule has 0 aromatic rings. The molecule has 0 N–H and O–H groups in total. The van der Waals surface area contributed by atoms with Gasteiger partial charge in [-0.15, -0.1) is 0 Å². The Hall–Kier alpha value is -0.560. The number of hydrogen-bond acceptors (Lipinski definition) is 1. The number of hydrogen-bond donors (Lipinski definition) is 0. The average Bonchev–Trinajstić information content (AvgIpc) is 2.55. The summed E-state index contributed by atoms with van der Waals surface area (Å²) in [6, 6.07) is 1.31. The molecule has 1 nitrogen and oxygen atoms in total. The maximum Gasteiger partial charge on any atom is 0.00414 e. The van der Waals surface area contributed by atoms with Crippen LogP contribution in [0.5, 0.6) is 0 Å². The van der Waals surface area contributed by atoms with Crippen LogP contribution in [0.4, 0.5) is 0 Å². The second-order valence-corrected chi connectivity index (χ2v) is 4.63. The summed E-state index contributed by atoms with van der Waals surface area (Å²) in [4.78, 5) is 2.55. The van der Waals surface area contributed by atoms with E-state index in [1.807, 2.05) is 0 Å². The maximum absolute atomic E-state index is 2.55. The molecule has 1 heteroatoms. The highest BCUT2D eigenvalue weighted by Crippen LogP contribution is 2.16. The average molecular weight is 193 g/mol. The van der Waals surface area contributed by atoms with Crippen molar-refractivity contribution in [2.75, 3.05) is 6.54 Å². The van der Waals surface area contributed by atoms with Crippen molar-refractivity contribution < 1.29 is 0 Å². The van der Waals surface area contributed by atoms with E-state index in [1.54, 1.807) is 5.57 Å². The highest BCUT2D eigenvalue weighted by atomic mass is 15.2. The van der Waals surface area contributed by atoms with Gasteiger partial charge >= 0.3 is 0 Å². The zero-order valence-electron chi connectivity index (χ0n) is 9.96. The molecule has 0 aromatic carbocycles. The van der Waals surface area contributed by atoms with Gasteiger partial charge in [0.2, 0.25) is 0 Å². The minimum absolute atomic E-state index is 0.657. The van der Waals surface area contributed by atoms with Crippen molar-refractivity contribution in [3.05, 3.63) is 23.8 Å². The molecule has 0 atom stereocenters. The third-order valence-electron chi connectivity index (χ3n) is 2.87. The van der Waals surface area contributed by atoms with Gasteiger partial charge in [0.15, 0.2) is 0 Å². The molecule has 0 bridgehead atoms. The van der Waals surface area contributed by atoms with E-state index in [9.17, 15) is 0 Å². The molecule has 1 aliphatic carbocycles. The largest absolute Gasteiger partial charge is 0.298 e. The molecule has 14 heavy (non-hydrogen) atoms. The molecule has 0 amide bonds. The van der Waals surface area contributed by atoms with Crippen molar-refractivity contribution in [3.8, 4) is 0 Å². The normalized spacial score (nSPS) is 16.1. The number of allylic oxidation sites excluding steroid dienone is 3. The molecule has 1 rings (SSSR count). The number of nitrogens with zero attached hydrogens (tertiary/aromatic N) is 1. The van der Waals surface area contributed by atoms with Gasteiger partial charge in [0.05, 0.1) is 0 Å². The van der Waals surface area contributed by atoms with Crippen LogP contribution in [0.25, 0.3) is 0 Å². The Balaban J connectivity index is 2.33. The van der Waals surface area contributed by atoms with Crippen LogP contribution in [0.15, 0.2) is 23.8 Å². The van der Waals surface area contributed by atoms with Crippen molar-refractivity contribution in [3.63, 3.8) is 0 Å². The van der Waals surface area contributed by atoms with Crippen LogP contribution in [0, 0.1) is 0 Å². The van der Waals surface area contributed by atoms with Crippen LogP contribution in [0.3, 0.4) is 0 Å². The molecule has 1 aliphatic rings. The molecule has 0 aliphatic heterocycles. The summed E-state index contributed by atoms with van der Waals surface area (Å²) in [5.41, 5.74) is 1.58. The lowest BCUT2D eigenvalue weighted by Crippen LogP contribution is -2.37. The Bertz CT molecular complexity index is 215. The lowest BCUT2D eigenvalue weighted by Gasteiger charge is -2.30. The molecule has 0 heterocycles. The second kappa shape index (κ2) is 5.35. The van der Waals surface area contributed by atoms with Crippen LogP contribution >= 0.6 is 0 Å². The van der Waals surface area contributed by atoms with Gasteiger partial charge in [-0.2, -0.15) is 0 Å². The second-order valence-electron chi connectivity index (χ2n) is 4.63. The van der Waals surface area contributed by atoms with Gasteiger partial charge in [-0.05, 0) is 40.5 Å². The number of rotatable bonds is 5. The monoisotopic (exact) mass is 193 g/mol. The standard InChI is InChI=1S/C13H23N/c1-11(2)14(12(3)4)10-9-13-7-5-6-8-13/h5-7,11-12H,8-10H2,1-4H3. The van der Waals surface area contributed by atoms with Crippen molar-refractivity contribution in [1.29, 1.82) is 0 Å². The van der Waals surface area contributed by atoms with E-state index < -0.39 is 0 Å². The van der Waals surface area contributed by atoms with Crippen molar-refractivity contribution >= 4 is 0 Å². The molecule has 0 saturated heterocycles. The van der Waals surface area contributed by atoms with E-state index in [0.717, 1.165) is 0 Å². The molecule has 80 valence electrons. The first-order valence-electron chi connectivity index (χ1n) is 5.71. The third-order valence-corrected chi connectivity index (χ3v) is 2.87. The quantitative estimate of drug-likeness (QED) is 0.647. The molecular weight excluding hydrogens is 170 g/mol. The van der Waals surface area contributed by atoms with Gasteiger partial charge in [0.25, 0.3) is 0 Å². The first kappa shape index (κ1) is 11.5. The Morgan fingerprint density at radius 2 is 1.86 bits per heavy atom. The maximum atomic E-state index is 2.55. The Morgan fingerprint density at radius 1 is 1.21 bits per heavy atom. The van der Waals surface area contributed by atoms with Crippen LogP contribution < -0.4 is 0 Å². The van der Waals surface area contributed by atoms with E-state index in [0.29, 0.717) is 12.1 Å². The van der Waals surface area contributed by atoms with Gasteiger partial charge in [0, 0.05) is 18.6 Å². The van der Waals surface area contributed by atoms with Gasteiger partial charge in [-0.1, -0.05) is 23.8 Å². The van der Waals surface area contributed by atoms with E-state index in [-0.39, 0.29) is 0 Å². The zero-order chi connectivity index (χ0) is 10.6. The summed E-state index contributed by atoms with van der Waals surface area (Å²) in [6.45, 7) is 10.3. The Morgan fingerprint density at radius 3 is 2.29 bits per heavy atom. The van der Waals surface area contributed by atoms with Crippen LogP contribution in [0.1, 0.15) is 40.5 Å². The summed E-state index contributed by atoms with van der Waals surface area (Å²) >= 11 is 0. The predicted molar refractivity (Wildman–Crippen MR) is 63.4 cm³/mol. The third kappa shape index (κ3) is 3.30. The molecular formula is C13H23N. The summed E-state index contributed by atoms with van der Waals surface area (Å²) in [5.74, 6) is 0. The lowest BCUT2D eigenvalue weighted by atomic mass is 10.1. The molecule has 0 radical (unpaired) electrons. The Kier molecular flexibility index (Phi) is 4.40. The summed E-state index contributed by atoms with van der Waals surface area (Å²) in [7, 11) is 0. The van der Waals surface area contributed by atoms with Gasteiger partial charge in [-0.3, -0.25) is 4.90 Å². The summed E-state index contributed by atoms with van der Waals surface area (Å²) in [5, 5.41) is 0. The smallest absolute Gasteiger partial charge is 0.00414 e. The van der Waals surface area contributed by atoms with Gasteiger partial charge in [-0.25, -0.2) is 0 Å². The van der Waals surface area contributed by atoms with Crippen molar-refractivity contribution in [2.45, 2.75) is 52.6 Å². The minimum atomic E-state index is 0.657. The molecule has 0 spiro atoms. The fourth-order valence-electron chi connectivity index (χ4n) is 2.06. The molecule has 0 saturated carbocycles. The molecule has 0 unspecified atom stereocenters. The molecule has 0 fully saturated rings. The summed E-state index contributed by atoms with van der Waals surface area (Å²) < 4.78 is 0. The van der Waals surface area contributed by atoms with Crippen molar-refractivity contribution in [2.24, 2.45) is 0 Å². The lowest BCUT2D eigenvalue weighted by molar-refractivity contribution is 0.177. The fraction of sp³-hybridized carbons (Fsp3) is 0.692. The SMILES string of the molecule is CC(C)N(CCC1=CC=CC1)C(C)C. The first-order chi connectivity index (χ1) is 6.61. The van der Waals surface area contributed by atoms with E-state index in [4.69, 9.17) is 0 Å². The Labute approximate surface area is 88.5 Å². The summed E-state index contributed by atoms with van der Waals surface area (Å²) in [6.07, 6.45) is 9.07. The fourth-order valence-corrected chi connectivity index (χ4v) is 2.06. The van der Waals surface area contributed by atoms with E-state index >= 15 is 0 Å². The van der Waals surface area contributed by atoms with E-state index in [1.165, 1.54) is 19.4 Å². The van der Waals surface area contributed by atoms with Crippen LogP contribution in [-0.4, -0.2) is 23.5 Å². The van der Waals surface area contributed by atoms with E-state index in [2.05, 4.69) is 50.8 Å². The van der Waals surface area contributed by atoms with Gasteiger partial charge in [0.1, 0.15) is 0 Å². The minimum Gasteiger partial charge on any atom is -0.298 e. The first-order valence-corrected chi connectivity index (χ1v) is 5.71.